The Morgan fingerprint density at radius 1 is 1.09 bits per heavy atom. The Bertz CT molecular complexity index is 517. The molecule has 1 fully saturated rings. The SMILES string of the molecule is CCC(C)c1cc(C(C)CC)c(NC(C)C2CC2)c(C)c1N. The molecule has 0 amide bonds. The fourth-order valence-electron chi connectivity index (χ4n) is 3.25. The third-order valence-electron chi connectivity index (χ3n) is 5.68. The van der Waals surface area contributed by atoms with Gasteiger partial charge in [0.15, 0.2) is 0 Å². The number of hydrogen-bond donors (Lipinski definition) is 2. The van der Waals surface area contributed by atoms with Crippen molar-refractivity contribution in [3.8, 4) is 0 Å². The van der Waals surface area contributed by atoms with E-state index in [0.29, 0.717) is 17.9 Å². The highest BCUT2D eigenvalue weighted by atomic mass is 14.9. The van der Waals surface area contributed by atoms with E-state index in [9.17, 15) is 0 Å². The summed E-state index contributed by atoms with van der Waals surface area (Å²) in [6.07, 6.45) is 5.03. The van der Waals surface area contributed by atoms with E-state index in [-0.39, 0.29) is 0 Å². The Morgan fingerprint density at radius 3 is 2.14 bits per heavy atom. The van der Waals surface area contributed by atoms with Crippen molar-refractivity contribution in [2.75, 3.05) is 11.1 Å². The van der Waals surface area contributed by atoms with Crippen molar-refractivity contribution in [1.82, 2.24) is 0 Å². The van der Waals surface area contributed by atoms with Crippen LogP contribution in [-0.4, -0.2) is 6.04 Å². The lowest BCUT2D eigenvalue weighted by atomic mass is 9.86. The number of anilines is 2. The van der Waals surface area contributed by atoms with Crippen LogP contribution in [0.3, 0.4) is 0 Å². The molecule has 3 unspecified atom stereocenters. The third kappa shape index (κ3) is 3.42. The number of benzene rings is 1. The maximum Gasteiger partial charge on any atom is 0.0428 e. The lowest BCUT2D eigenvalue weighted by Gasteiger charge is -2.27. The average Bonchev–Trinajstić information content (AvgIpc) is 3.35. The summed E-state index contributed by atoms with van der Waals surface area (Å²) in [5.41, 5.74) is 12.8. The van der Waals surface area contributed by atoms with Gasteiger partial charge < -0.3 is 11.1 Å². The molecule has 3 N–H and O–H groups in total. The van der Waals surface area contributed by atoms with Gasteiger partial charge in [-0.1, -0.05) is 33.8 Å². The first-order valence-electron chi connectivity index (χ1n) is 9.09. The number of nitrogens with one attached hydrogen (secondary N) is 1. The van der Waals surface area contributed by atoms with Crippen molar-refractivity contribution in [2.45, 2.75) is 85.1 Å². The van der Waals surface area contributed by atoms with Crippen LogP contribution in [0.5, 0.6) is 0 Å². The molecule has 2 nitrogen and oxygen atoms in total. The minimum atomic E-state index is 0.524. The van der Waals surface area contributed by atoms with E-state index in [1.807, 2.05) is 0 Å². The molecule has 0 heterocycles. The topological polar surface area (TPSA) is 38.0 Å². The van der Waals surface area contributed by atoms with Gasteiger partial charge in [-0.2, -0.15) is 0 Å². The second kappa shape index (κ2) is 6.93. The van der Waals surface area contributed by atoms with Gasteiger partial charge >= 0.3 is 0 Å². The van der Waals surface area contributed by atoms with Crippen molar-refractivity contribution >= 4 is 11.4 Å². The number of nitrogen functional groups attached to an aromatic ring is 1. The fourth-order valence-corrected chi connectivity index (χ4v) is 3.25. The predicted molar refractivity (Wildman–Crippen MR) is 98.8 cm³/mol. The fraction of sp³-hybridized carbons (Fsp3) is 0.700. The molecule has 0 radical (unpaired) electrons. The minimum absolute atomic E-state index is 0.524. The summed E-state index contributed by atoms with van der Waals surface area (Å²) in [7, 11) is 0. The molecular weight excluding hydrogens is 268 g/mol. The highest BCUT2D eigenvalue weighted by Gasteiger charge is 2.29. The Balaban J connectivity index is 2.46. The van der Waals surface area contributed by atoms with E-state index in [4.69, 9.17) is 5.73 Å². The van der Waals surface area contributed by atoms with Crippen molar-refractivity contribution in [3.05, 3.63) is 22.8 Å². The van der Waals surface area contributed by atoms with Crippen molar-refractivity contribution < 1.29 is 0 Å². The molecule has 2 rings (SSSR count). The lowest BCUT2D eigenvalue weighted by molar-refractivity contribution is 0.680. The summed E-state index contributed by atoms with van der Waals surface area (Å²) in [6.45, 7) is 13.6. The lowest BCUT2D eigenvalue weighted by Crippen LogP contribution is -2.20. The van der Waals surface area contributed by atoms with Gasteiger partial charge in [-0.15, -0.1) is 0 Å². The molecule has 1 aliphatic rings. The first kappa shape index (κ1) is 17.2. The molecule has 0 aliphatic heterocycles. The number of nitrogens with two attached hydrogens (primary N) is 1. The summed E-state index contributed by atoms with van der Waals surface area (Å²) in [4.78, 5) is 0. The molecule has 0 aromatic heterocycles. The first-order chi connectivity index (χ1) is 10.4. The predicted octanol–water partition coefficient (Wildman–Crippen LogP) is 5.81. The van der Waals surface area contributed by atoms with Crippen LogP contribution in [0.2, 0.25) is 0 Å². The van der Waals surface area contributed by atoms with Crippen LogP contribution in [0.1, 0.15) is 88.8 Å². The molecule has 124 valence electrons. The Labute approximate surface area is 136 Å². The second-order valence-corrected chi connectivity index (χ2v) is 7.36. The molecule has 1 aromatic carbocycles. The molecule has 1 aromatic rings. The van der Waals surface area contributed by atoms with Crippen LogP contribution >= 0.6 is 0 Å². The van der Waals surface area contributed by atoms with Crippen LogP contribution in [0.15, 0.2) is 6.07 Å². The van der Waals surface area contributed by atoms with E-state index >= 15 is 0 Å². The van der Waals surface area contributed by atoms with Crippen LogP contribution < -0.4 is 11.1 Å². The normalized spacial score (nSPS) is 18.8. The largest absolute Gasteiger partial charge is 0.398 e. The molecule has 1 aliphatic carbocycles. The van der Waals surface area contributed by atoms with Crippen LogP contribution in [-0.2, 0) is 0 Å². The van der Waals surface area contributed by atoms with Gasteiger partial charge in [-0.3, -0.25) is 0 Å². The van der Waals surface area contributed by atoms with E-state index < -0.39 is 0 Å². The van der Waals surface area contributed by atoms with Crippen LogP contribution in [0.25, 0.3) is 0 Å². The Morgan fingerprint density at radius 2 is 1.64 bits per heavy atom. The highest BCUT2D eigenvalue weighted by molar-refractivity contribution is 5.72. The quantitative estimate of drug-likeness (QED) is 0.623. The third-order valence-corrected chi connectivity index (χ3v) is 5.68. The molecule has 1 saturated carbocycles. The van der Waals surface area contributed by atoms with Gasteiger partial charge in [0.2, 0.25) is 0 Å². The summed E-state index contributed by atoms with van der Waals surface area (Å²) >= 11 is 0. The zero-order chi connectivity index (χ0) is 16.4. The summed E-state index contributed by atoms with van der Waals surface area (Å²) in [5.74, 6) is 1.94. The molecule has 3 atom stereocenters. The first-order valence-corrected chi connectivity index (χ1v) is 9.09. The summed E-state index contributed by atoms with van der Waals surface area (Å²) < 4.78 is 0. The highest BCUT2D eigenvalue weighted by Crippen LogP contribution is 2.41. The van der Waals surface area contributed by atoms with E-state index in [0.717, 1.165) is 24.4 Å². The van der Waals surface area contributed by atoms with E-state index in [1.54, 1.807) is 0 Å². The van der Waals surface area contributed by atoms with Gasteiger partial charge in [-0.05, 0) is 74.0 Å². The molecular formula is C20H34N2. The van der Waals surface area contributed by atoms with E-state index in [1.165, 1.54) is 35.2 Å². The summed E-state index contributed by atoms with van der Waals surface area (Å²) in [5, 5.41) is 3.80. The monoisotopic (exact) mass is 302 g/mol. The van der Waals surface area contributed by atoms with Gasteiger partial charge in [-0.25, -0.2) is 0 Å². The molecule has 0 saturated heterocycles. The maximum atomic E-state index is 6.50. The second-order valence-electron chi connectivity index (χ2n) is 7.36. The van der Waals surface area contributed by atoms with Crippen molar-refractivity contribution in [2.24, 2.45) is 5.92 Å². The Kier molecular flexibility index (Phi) is 5.41. The molecule has 2 heteroatoms. The Hall–Kier alpha value is -1.18. The van der Waals surface area contributed by atoms with Crippen LogP contribution in [0, 0.1) is 12.8 Å². The van der Waals surface area contributed by atoms with Gasteiger partial charge in [0, 0.05) is 17.4 Å². The minimum Gasteiger partial charge on any atom is -0.398 e. The number of hydrogen-bond acceptors (Lipinski definition) is 2. The molecule has 0 spiro atoms. The van der Waals surface area contributed by atoms with Gasteiger partial charge in [0.05, 0.1) is 0 Å². The smallest absolute Gasteiger partial charge is 0.0428 e. The molecule has 0 bridgehead atoms. The zero-order valence-electron chi connectivity index (χ0n) is 15.3. The van der Waals surface area contributed by atoms with Gasteiger partial charge in [0.25, 0.3) is 0 Å². The number of rotatable bonds is 7. The standard InChI is InChI=1S/C20H34N2/c1-7-12(3)17-11-18(13(4)8-2)20(14(5)19(17)21)22-15(6)16-9-10-16/h11-13,15-16,22H,7-10,21H2,1-6H3. The molecule has 22 heavy (non-hydrogen) atoms. The summed E-state index contributed by atoms with van der Waals surface area (Å²) in [6, 6.07) is 2.93. The van der Waals surface area contributed by atoms with Crippen molar-refractivity contribution in [3.63, 3.8) is 0 Å². The van der Waals surface area contributed by atoms with E-state index in [2.05, 4.69) is 52.9 Å². The maximum absolute atomic E-state index is 6.50. The average molecular weight is 303 g/mol. The van der Waals surface area contributed by atoms with Gasteiger partial charge in [0.1, 0.15) is 0 Å². The zero-order valence-corrected chi connectivity index (χ0v) is 15.3. The van der Waals surface area contributed by atoms with Crippen LogP contribution in [0.4, 0.5) is 11.4 Å². The van der Waals surface area contributed by atoms with Crippen molar-refractivity contribution in [1.29, 1.82) is 0 Å².